The third kappa shape index (κ3) is 4.70. The molecule has 1 aliphatic rings. The number of carboxylic acids is 1. The molecule has 1 saturated heterocycles. The van der Waals surface area contributed by atoms with Crippen molar-refractivity contribution in [1.29, 1.82) is 0 Å². The Labute approximate surface area is 113 Å². The summed E-state index contributed by atoms with van der Waals surface area (Å²) in [5.41, 5.74) is 7.37. The summed E-state index contributed by atoms with van der Waals surface area (Å²) in [6, 6.07) is 0. The molecule has 0 aromatic heterocycles. The highest BCUT2D eigenvalue weighted by molar-refractivity contribution is 5.78. The zero-order valence-corrected chi connectivity index (χ0v) is 11.5. The first-order valence-electron chi connectivity index (χ1n) is 6.86. The predicted octanol–water partition coefficient (Wildman–Crippen LogP) is 1.61. The third-order valence-corrected chi connectivity index (χ3v) is 3.75. The molecule has 0 bridgehead atoms. The summed E-state index contributed by atoms with van der Waals surface area (Å²) >= 11 is 0. The lowest BCUT2D eigenvalue weighted by Gasteiger charge is -2.29. The van der Waals surface area contributed by atoms with Crippen LogP contribution in [0, 0.1) is 0 Å². The number of aliphatic carboxylic acids is 1. The van der Waals surface area contributed by atoms with Crippen molar-refractivity contribution in [3.63, 3.8) is 0 Å². The Kier molecular flexibility index (Phi) is 6.62. The molecule has 1 fully saturated rings. The maximum absolute atomic E-state index is 11.6. The number of nitrogens with one attached hydrogen (secondary N) is 1. The topological polar surface area (TPSA) is 101 Å². The molecule has 7 heteroatoms. The Hall–Kier alpha value is -1.30. The van der Waals surface area contributed by atoms with Gasteiger partial charge in [-0.05, 0) is 50.8 Å². The maximum atomic E-state index is 11.6. The molecule has 0 amide bonds. The van der Waals surface area contributed by atoms with Gasteiger partial charge in [0, 0.05) is 18.0 Å². The van der Waals surface area contributed by atoms with Crippen molar-refractivity contribution < 1.29 is 9.90 Å². The summed E-state index contributed by atoms with van der Waals surface area (Å²) in [6.45, 7) is 5.81. The average molecular weight is 269 g/mol. The Bertz CT molecular complexity index is 343. The highest BCUT2D eigenvalue weighted by atomic mass is 16.4. The van der Waals surface area contributed by atoms with Gasteiger partial charge in [0.25, 0.3) is 0 Å². The fourth-order valence-corrected chi connectivity index (χ4v) is 2.49. The molecule has 1 atom stereocenters. The van der Waals surface area contributed by atoms with Crippen LogP contribution in [0.4, 0.5) is 0 Å². The van der Waals surface area contributed by atoms with Crippen LogP contribution in [-0.4, -0.2) is 54.2 Å². The average Bonchev–Trinajstić information content (AvgIpc) is 2.62. The second-order valence-electron chi connectivity index (χ2n) is 4.91. The van der Waals surface area contributed by atoms with Crippen molar-refractivity contribution >= 4 is 5.97 Å². The van der Waals surface area contributed by atoms with Gasteiger partial charge in [-0.15, -0.1) is 0 Å². The number of carboxylic acid groups (broad SMARTS) is 1. The van der Waals surface area contributed by atoms with Gasteiger partial charge >= 0.3 is 5.97 Å². The minimum Gasteiger partial charge on any atom is -0.480 e. The fraction of sp³-hybridized carbons (Fsp3) is 0.917. The van der Waals surface area contributed by atoms with E-state index in [0.29, 0.717) is 32.4 Å². The molecule has 1 unspecified atom stereocenters. The molecule has 108 valence electrons. The molecule has 0 radical (unpaired) electrons. The van der Waals surface area contributed by atoms with Crippen LogP contribution in [-0.2, 0) is 4.79 Å². The van der Waals surface area contributed by atoms with E-state index in [2.05, 4.69) is 27.2 Å². The Morgan fingerprint density at radius 1 is 1.53 bits per heavy atom. The Morgan fingerprint density at radius 2 is 2.32 bits per heavy atom. The van der Waals surface area contributed by atoms with E-state index in [-0.39, 0.29) is 0 Å². The highest BCUT2D eigenvalue weighted by Gasteiger charge is 2.38. The molecule has 0 aromatic rings. The van der Waals surface area contributed by atoms with E-state index in [1.165, 1.54) is 0 Å². The predicted molar refractivity (Wildman–Crippen MR) is 73.0 cm³/mol. The second-order valence-corrected chi connectivity index (χ2v) is 4.91. The summed E-state index contributed by atoms with van der Waals surface area (Å²) in [6.07, 6.45) is 2.83. The van der Waals surface area contributed by atoms with Gasteiger partial charge in [-0.1, -0.05) is 12.0 Å². The summed E-state index contributed by atoms with van der Waals surface area (Å²) in [4.78, 5) is 16.5. The molecule has 1 aliphatic heterocycles. The minimum absolute atomic E-state index is 0.403. The van der Waals surface area contributed by atoms with E-state index in [4.69, 9.17) is 5.53 Å². The summed E-state index contributed by atoms with van der Waals surface area (Å²) in [7, 11) is 0. The third-order valence-electron chi connectivity index (χ3n) is 3.75. The number of likely N-dealkylation sites (tertiary alicyclic amines) is 1. The van der Waals surface area contributed by atoms with Gasteiger partial charge in [0.05, 0.1) is 0 Å². The monoisotopic (exact) mass is 269 g/mol. The molecule has 1 rings (SSSR count). The normalized spacial score (nSPS) is 24.5. The summed E-state index contributed by atoms with van der Waals surface area (Å²) < 4.78 is 0. The van der Waals surface area contributed by atoms with Crippen LogP contribution in [0.15, 0.2) is 5.11 Å². The lowest BCUT2D eigenvalue weighted by Crippen LogP contribution is -2.53. The van der Waals surface area contributed by atoms with E-state index < -0.39 is 11.5 Å². The van der Waals surface area contributed by atoms with Crippen LogP contribution in [0.1, 0.15) is 32.6 Å². The summed E-state index contributed by atoms with van der Waals surface area (Å²) in [5, 5.41) is 16.1. The number of hydrogen-bond acceptors (Lipinski definition) is 4. The van der Waals surface area contributed by atoms with Gasteiger partial charge in [0.15, 0.2) is 0 Å². The maximum Gasteiger partial charge on any atom is 0.323 e. The number of carbonyl (C=O) groups is 1. The lowest BCUT2D eigenvalue weighted by molar-refractivity contribution is -0.145. The van der Waals surface area contributed by atoms with Crippen LogP contribution in [0.3, 0.4) is 0 Å². The minimum atomic E-state index is -0.819. The van der Waals surface area contributed by atoms with Crippen LogP contribution in [0.25, 0.3) is 10.4 Å². The number of hydrogen-bond donors (Lipinski definition) is 2. The van der Waals surface area contributed by atoms with Gasteiger partial charge in [-0.25, -0.2) is 0 Å². The molecule has 0 spiro atoms. The van der Waals surface area contributed by atoms with E-state index >= 15 is 0 Å². The molecule has 7 nitrogen and oxygen atoms in total. The largest absolute Gasteiger partial charge is 0.480 e. The van der Waals surface area contributed by atoms with Gasteiger partial charge in [-0.2, -0.15) is 0 Å². The van der Waals surface area contributed by atoms with E-state index in [1.54, 1.807) is 0 Å². The van der Waals surface area contributed by atoms with Gasteiger partial charge in [0.1, 0.15) is 5.54 Å². The fourth-order valence-electron chi connectivity index (χ4n) is 2.49. The number of nitrogens with zero attached hydrogens (tertiary/aromatic N) is 4. The van der Waals surface area contributed by atoms with Crippen LogP contribution < -0.4 is 5.32 Å². The van der Waals surface area contributed by atoms with Crippen LogP contribution in [0.2, 0.25) is 0 Å². The molecule has 0 aromatic carbocycles. The second kappa shape index (κ2) is 7.99. The quantitative estimate of drug-likeness (QED) is 0.317. The van der Waals surface area contributed by atoms with Crippen molar-refractivity contribution in [3.8, 4) is 0 Å². The van der Waals surface area contributed by atoms with Crippen molar-refractivity contribution in [2.24, 2.45) is 5.11 Å². The zero-order chi connectivity index (χ0) is 14.1. The van der Waals surface area contributed by atoms with Crippen LogP contribution >= 0.6 is 0 Å². The van der Waals surface area contributed by atoms with Gasteiger partial charge < -0.3 is 15.3 Å². The first-order chi connectivity index (χ1) is 9.14. The zero-order valence-electron chi connectivity index (χ0n) is 11.5. The van der Waals surface area contributed by atoms with Crippen LogP contribution in [0.5, 0.6) is 0 Å². The SMILES string of the molecule is CCN1CCCC(NCCCN=[N+]=[N-])(C(=O)O)CC1. The van der Waals surface area contributed by atoms with Crippen molar-refractivity contribution in [1.82, 2.24) is 10.2 Å². The Morgan fingerprint density at radius 3 is 2.95 bits per heavy atom. The molecule has 1 heterocycles. The number of rotatable bonds is 7. The molecule has 0 saturated carbocycles. The molecule has 19 heavy (non-hydrogen) atoms. The smallest absolute Gasteiger partial charge is 0.323 e. The lowest BCUT2D eigenvalue weighted by atomic mass is 9.90. The number of azide groups is 1. The molecule has 0 aliphatic carbocycles. The molecular weight excluding hydrogens is 246 g/mol. The van der Waals surface area contributed by atoms with E-state index in [0.717, 1.165) is 26.1 Å². The van der Waals surface area contributed by atoms with Gasteiger partial charge in [0.2, 0.25) is 0 Å². The first kappa shape index (κ1) is 15.8. The molecule has 2 N–H and O–H groups in total. The Balaban J connectivity index is 2.53. The van der Waals surface area contributed by atoms with Crippen molar-refractivity contribution in [3.05, 3.63) is 10.4 Å². The van der Waals surface area contributed by atoms with Gasteiger partial charge in [-0.3, -0.25) is 4.79 Å². The first-order valence-corrected chi connectivity index (χ1v) is 6.86. The van der Waals surface area contributed by atoms with Crippen molar-refractivity contribution in [2.45, 2.75) is 38.1 Å². The molecular formula is C12H23N5O2. The standard InChI is InChI=1S/C12H23N5O2/c1-2-17-9-3-5-12(6-10-17,11(18)19)14-7-4-8-15-16-13/h14H,2-10H2,1H3,(H,18,19). The summed E-state index contributed by atoms with van der Waals surface area (Å²) in [5.74, 6) is -0.769. The van der Waals surface area contributed by atoms with Crippen molar-refractivity contribution in [2.75, 3.05) is 32.7 Å². The van der Waals surface area contributed by atoms with E-state index in [1.807, 2.05) is 0 Å². The van der Waals surface area contributed by atoms with E-state index in [9.17, 15) is 9.90 Å². The highest BCUT2D eigenvalue weighted by Crippen LogP contribution is 2.23.